The molecular formula is C22H30N2O5. The highest BCUT2D eigenvalue weighted by atomic mass is 16.5. The molecule has 0 radical (unpaired) electrons. The van der Waals surface area contributed by atoms with Gasteiger partial charge in [0, 0.05) is 32.8 Å². The Hall–Kier alpha value is -2.38. The topological polar surface area (TPSA) is 68.3 Å². The number of hydrogen-bond donors (Lipinski definition) is 0. The van der Waals surface area contributed by atoms with Crippen LogP contribution in [0.3, 0.4) is 0 Å². The lowest BCUT2D eigenvalue weighted by molar-refractivity contribution is -0.138. The minimum absolute atomic E-state index is 0.0690. The van der Waals surface area contributed by atoms with Crippen molar-refractivity contribution in [2.75, 3.05) is 46.1 Å². The fourth-order valence-corrected chi connectivity index (χ4v) is 3.55. The third kappa shape index (κ3) is 4.97. The standard InChI is InChI=1S/C22H30N2O5/c1-4-27-13-5-10-24-21(25)19(17-6-8-18(9-7-17)29-16(2)3)20(22(24)26)23-11-14-28-15-12-23/h6-9,16H,4-5,10-15H2,1-3H3. The minimum atomic E-state index is -0.245. The van der Waals surface area contributed by atoms with Crippen molar-refractivity contribution in [1.82, 2.24) is 9.80 Å². The monoisotopic (exact) mass is 402 g/mol. The molecule has 1 saturated heterocycles. The van der Waals surface area contributed by atoms with Crippen molar-refractivity contribution in [2.24, 2.45) is 0 Å². The van der Waals surface area contributed by atoms with E-state index in [4.69, 9.17) is 14.2 Å². The van der Waals surface area contributed by atoms with E-state index in [1.165, 1.54) is 4.90 Å². The van der Waals surface area contributed by atoms with Crippen LogP contribution in [0.25, 0.3) is 5.57 Å². The molecule has 0 aromatic heterocycles. The summed E-state index contributed by atoms with van der Waals surface area (Å²) in [5.74, 6) is 0.263. The van der Waals surface area contributed by atoms with Crippen molar-refractivity contribution in [1.29, 1.82) is 0 Å². The average Bonchev–Trinajstić information content (AvgIpc) is 2.96. The molecule has 7 heteroatoms. The Balaban J connectivity index is 1.88. The summed E-state index contributed by atoms with van der Waals surface area (Å²) in [6.45, 7) is 9.63. The summed E-state index contributed by atoms with van der Waals surface area (Å²) in [4.78, 5) is 29.7. The van der Waals surface area contributed by atoms with Crippen molar-refractivity contribution in [2.45, 2.75) is 33.3 Å². The van der Waals surface area contributed by atoms with Crippen molar-refractivity contribution in [3.63, 3.8) is 0 Å². The van der Waals surface area contributed by atoms with Crippen molar-refractivity contribution >= 4 is 17.4 Å². The molecule has 2 aliphatic rings. The Morgan fingerprint density at radius 3 is 2.38 bits per heavy atom. The maximum atomic E-state index is 13.2. The van der Waals surface area contributed by atoms with Crippen LogP contribution in [0.2, 0.25) is 0 Å². The van der Waals surface area contributed by atoms with E-state index in [2.05, 4.69) is 0 Å². The molecule has 1 fully saturated rings. The normalized spacial score (nSPS) is 17.7. The molecule has 0 unspecified atom stereocenters. The Morgan fingerprint density at radius 2 is 1.76 bits per heavy atom. The van der Waals surface area contributed by atoms with E-state index in [9.17, 15) is 9.59 Å². The van der Waals surface area contributed by atoms with Gasteiger partial charge in [-0.3, -0.25) is 14.5 Å². The highest BCUT2D eigenvalue weighted by Gasteiger charge is 2.41. The number of carbonyl (C=O) groups is 2. The zero-order valence-corrected chi connectivity index (χ0v) is 17.5. The molecule has 2 heterocycles. The van der Waals surface area contributed by atoms with Crippen LogP contribution in [0.1, 0.15) is 32.8 Å². The number of benzene rings is 1. The number of amides is 2. The Labute approximate surface area is 172 Å². The van der Waals surface area contributed by atoms with Gasteiger partial charge >= 0.3 is 0 Å². The molecular weight excluding hydrogens is 372 g/mol. The number of nitrogens with zero attached hydrogens (tertiary/aromatic N) is 2. The summed E-state index contributed by atoms with van der Waals surface area (Å²) in [6, 6.07) is 7.38. The molecule has 29 heavy (non-hydrogen) atoms. The van der Waals surface area contributed by atoms with Crippen molar-refractivity contribution in [3.8, 4) is 5.75 Å². The van der Waals surface area contributed by atoms with Gasteiger partial charge in [-0.1, -0.05) is 12.1 Å². The lowest BCUT2D eigenvalue weighted by Gasteiger charge is -2.29. The predicted octanol–water partition coefficient (Wildman–Crippen LogP) is 2.31. The number of morpholine rings is 1. The van der Waals surface area contributed by atoms with Crippen LogP contribution in [-0.4, -0.2) is 73.8 Å². The van der Waals surface area contributed by atoms with E-state index in [1.807, 2.05) is 49.9 Å². The predicted molar refractivity (Wildman–Crippen MR) is 109 cm³/mol. The van der Waals surface area contributed by atoms with Crippen LogP contribution in [0.4, 0.5) is 0 Å². The first-order valence-electron chi connectivity index (χ1n) is 10.3. The third-order valence-corrected chi connectivity index (χ3v) is 4.86. The Kier molecular flexibility index (Phi) is 7.28. The number of hydrogen-bond acceptors (Lipinski definition) is 6. The van der Waals surface area contributed by atoms with Gasteiger partial charge in [0.25, 0.3) is 11.8 Å². The zero-order chi connectivity index (χ0) is 20.8. The van der Waals surface area contributed by atoms with Gasteiger partial charge in [-0.2, -0.15) is 0 Å². The quantitative estimate of drug-likeness (QED) is 0.466. The maximum absolute atomic E-state index is 13.2. The van der Waals surface area contributed by atoms with Gasteiger partial charge in [0.1, 0.15) is 11.4 Å². The molecule has 0 aliphatic carbocycles. The largest absolute Gasteiger partial charge is 0.491 e. The van der Waals surface area contributed by atoms with Gasteiger partial charge in [-0.25, -0.2) is 0 Å². The Bertz CT molecular complexity index is 751. The molecule has 1 aromatic carbocycles. The van der Waals surface area contributed by atoms with E-state index < -0.39 is 0 Å². The molecule has 7 nitrogen and oxygen atoms in total. The molecule has 0 saturated carbocycles. The van der Waals surface area contributed by atoms with E-state index in [0.29, 0.717) is 63.8 Å². The van der Waals surface area contributed by atoms with Gasteiger partial charge in [0.2, 0.25) is 0 Å². The fraction of sp³-hybridized carbons (Fsp3) is 0.545. The summed E-state index contributed by atoms with van der Waals surface area (Å²) in [6.07, 6.45) is 0.690. The van der Waals surface area contributed by atoms with Crippen molar-refractivity contribution in [3.05, 3.63) is 35.5 Å². The van der Waals surface area contributed by atoms with Crippen LogP contribution >= 0.6 is 0 Å². The smallest absolute Gasteiger partial charge is 0.277 e. The number of rotatable bonds is 9. The highest BCUT2D eigenvalue weighted by Crippen LogP contribution is 2.33. The van der Waals surface area contributed by atoms with Gasteiger partial charge in [-0.15, -0.1) is 0 Å². The number of carbonyl (C=O) groups excluding carboxylic acids is 2. The minimum Gasteiger partial charge on any atom is -0.491 e. The molecule has 0 atom stereocenters. The zero-order valence-electron chi connectivity index (χ0n) is 17.5. The summed E-state index contributed by atoms with van der Waals surface area (Å²) in [7, 11) is 0. The van der Waals surface area contributed by atoms with Crippen LogP contribution in [0, 0.1) is 0 Å². The molecule has 2 amide bonds. The second kappa shape index (κ2) is 9.89. The molecule has 0 N–H and O–H groups in total. The molecule has 3 rings (SSSR count). The third-order valence-electron chi connectivity index (χ3n) is 4.86. The maximum Gasteiger partial charge on any atom is 0.277 e. The second-order valence-electron chi connectivity index (χ2n) is 7.33. The van der Waals surface area contributed by atoms with Crippen LogP contribution < -0.4 is 4.74 Å². The Morgan fingerprint density at radius 1 is 1.07 bits per heavy atom. The fourth-order valence-electron chi connectivity index (χ4n) is 3.55. The van der Waals surface area contributed by atoms with Gasteiger partial charge < -0.3 is 19.1 Å². The van der Waals surface area contributed by atoms with Crippen LogP contribution in [0.15, 0.2) is 30.0 Å². The summed E-state index contributed by atoms with van der Waals surface area (Å²) >= 11 is 0. The van der Waals surface area contributed by atoms with Gasteiger partial charge in [0.05, 0.1) is 24.9 Å². The molecule has 0 spiro atoms. The van der Waals surface area contributed by atoms with Crippen LogP contribution in [0.5, 0.6) is 5.75 Å². The van der Waals surface area contributed by atoms with E-state index >= 15 is 0 Å². The lowest BCUT2D eigenvalue weighted by atomic mass is 10.0. The SMILES string of the molecule is CCOCCCN1C(=O)C(c2ccc(OC(C)C)cc2)=C(N2CCOCC2)C1=O. The van der Waals surface area contributed by atoms with E-state index in [0.717, 1.165) is 11.3 Å². The summed E-state index contributed by atoms with van der Waals surface area (Å²) < 4.78 is 16.5. The molecule has 0 bridgehead atoms. The van der Waals surface area contributed by atoms with Crippen molar-refractivity contribution < 1.29 is 23.8 Å². The summed E-state index contributed by atoms with van der Waals surface area (Å²) in [5, 5.41) is 0. The first-order valence-corrected chi connectivity index (χ1v) is 10.3. The first kappa shape index (κ1) is 21.3. The van der Waals surface area contributed by atoms with Crippen LogP contribution in [-0.2, 0) is 19.1 Å². The molecule has 2 aliphatic heterocycles. The molecule has 1 aromatic rings. The second-order valence-corrected chi connectivity index (χ2v) is 7.33. The lowest BCUT2D eigenvalue weighted by Crippen LogP contribution is -2.40. The van der Waals surface area contributed by atoms with E-state index in [-0.39, 0.29) is 17.9 Å². The summed E-state index contributed by atoms with van der Waals surface area (Å²) in [5.41, 5.74) is 1.67. The van der Waals surface area contributed by atoms with E-state index in [1.54, 1.807) is 0 Å². The average molecular weight is 402 g/mol. The molecule has 158 valence electrons. The number of imide groups is 1. The first-order chi connectivity index (χ1) is 14.0. The van der Waals surface area contributed by atoms with Gasteiger partial charge in [-0.05, 0) is 44.9 Å². The number of ether oxygens (including phenoxy) is 3. The van der Waals surface area contributed by atoms with Gasteiger partial charge in [0.15, 0.2) is 0 Å². The highest BCUT2D eigenvalue weighted by molar-refractivity contribution is 6.35.